The molecule has 0 saturated heterocycles. The highest BCUT2D eigenvalue weighted by Crippen LogP contribution is 2.19. The summed E-state index contributed by atoms with van der Waals surface area (Å²) < 4.78 is 30.1. The molecule has 0 fully saturated rings. The molecule has 0 radical (unpaired) electrons. The monoisotopic (exact) mass is 300 g/mol. The van der Waals surface area contributed by atoms with Crippen molar-refractivity contribution in [1.29, 1.82) is 0 Å². The third kappa shape index (κ3) is 6.64. The summed E-state index contributed by atoms with van der Waals surface area (Å²) in [7, 11) is 1.66. The smallest absolute Gasteiger partial charge is 0.263 e. The van der Waals surface area contributed by atoms with Crippen LogP contribution in [-0.4, -0.2) is 32.6 Å². The van der Waals surface area contributed by atoms with Gasteiger partial charge in [-0.25, -0.2) is 8.78 Å². The van der Waals surface area contributed by atoms with Gasteiger partial charge < -0.3 is 15.3 Å². The SMILES string of the molecule is COCCCC/C(=N\OCCN)c1ccc(C(F)F)cc1. The molecule has 0 aliphatic carbocycles. The Morgan fingerprint density at radius 1 is 1.19 bits per heavy atom. The summed E-state index contributed by atoms with van der Waals surface area (Å²) in [6, 6.07) is 6.10. The van der Waals surface area contributed by atoms with Crippen LogP contribution in [-0.2, 0) is 9.57 Å². The molecule has 0 saturated carbocycles. The van der Waals surface area contributed by atoms with E-state index in [1.165, 1.54) is 12.1 Å². The number of benzene rings is 1. The van der Waals surface area contributed by atoms with Crippen LogP contribution in [0.1, 0.15) is 36.8 Å². The zero-order chi connectivity index (χ0) is 15.5. The van der Waals surface area contributed by atoms with E-state index >= 15 is 0 Å². The predicted molar refractivity (Wildman–Crippen MR) is 78.7 cm³/mol. The number of alkyl halides is 2. The zero-order valence-electron chi connectivity index (χ0n) is 12.2. The molecule has 0 heterocycles. The number of unbranched alkanes of at least 4 members (excludes halogenated alkanes) is 1. The normalized spacial score (nSPS) is 12.0. The van der Waals surface area contributed by atoms with Crippen molar-refractivity contribution in [2.45, 2.75) is 25.7 Å². The molecule has 118 valence electrons. The summed E-state index contributed by atoms with van der Waals surface area (Å²) in [5, 5.41) is 4.06. The van der Waals surface area contributed by atoms with Crippen molar-refractivity contribution in [3.05, 3.63) is 35.4 Å². The van der Waals surface area contributed by atoms with E-state index in [0.717, 1.165) is 24.1 Å². The Bertz CT molecular complexity index is 422. The van der Waals surface area contributed by atoms with Gasteiger partial charge in [0.2, 0.25) is 0 Å². The van der Waals surface area contributed by atoms with E-state index in [9.17, 15) is 8.78 Å². The average molecular weight is 300 g/mol. The van der Waals surface area contributed by atoms with Gasteiger partial charge in [0.25, 0.3) is 6.43 Å². The van der Waals surface area contributed by atoms with E-state index in [-0.39, 0.29) is 5.56 Å². The van der Waals surface area contributed by atoms with Crippen molar-refractivity contribution in [2.24, 2.45) is 10.9 Å². The maximum atomic E-state index is 12.6. The molecule has 0 aliphatic rings. The van der Waals surface area contributed by atoms with Crippen LogP contribution in [0.4, 0.5) is 8.78 Å². The maximum Gasteiger partial charge on any atom is 0.263 e. The molecule has 6 heteroatoms. The average Bonchev–Trinajstić information content (AvgIpc) is 2.50. The van der Waals surface area contributed by atoms with Crippen molar-refractivity contribution >= 4 is 5.71 Å². The van der Waals surface area contributed by atoms with Crippen LogP contribution in [0.5, 0.6) is 0 Å². The number of oxime groups is 1. The van der Waals surface area contributed by atoms with Gasteiger partial charge in [-0.1, -0.05) is 29.4 Å². The first-order valence-corrected chi connectivity index (χ1v) is 6.95. The van der Waals surface area contributed by atoms with Gasteiger partial charge in [0.15, 0.2) is 0 Å². The fourth-order valence-electron chi connectivity index (χ4n) is 1.78. The number of halogens is 2. The Balaban J connectivity index is 2.71. The number of rotatable bonds is 10. The minimum atomic E-state index is -2.46. The van der Waals surface area contributed by atoms with Crippen LogP contribution in [0.15, 0.2) is 29.4 Å². The molecule has 0 bridgehead atoms. The van der Waals surface area contributed by atoms with Crippen molar-refractivity contribution in [1.82, 2.24) is 0 Å². The van der Waals surface area contributed by atoms with Gasteiger partial charge in [-0.15, -0.1) is 0 Å². The van der Waals surface area contributed by atoms with Crippen LogP contribution in [0.2, 0.25) is 0 Å². The first-order valence-electron chi connectivity index (χ1n) is 6.95. The third-order valence-electron chi connectivity index (χ3n) is 2.89. The van der Waals surface area contributed by atoms with Crippen LogP contribution in [0, 0.1) is 0 Å². The van der Waals surface area contributed by atoms with Crippen LogP contribution < -0.4 is 5.73 Å². The molecule has 21 heavy (non-hydrogen) atoms. The number of nitrogens with zero attached hydrogens (tertiary/aromatic N) is 1. The molecule has 0 amide bonds. The summed E-state index contributed by atoms with van der Waals surface area (Å²) in [5.74, 6) is 0. The lowest BCUT2D eigenvalue weighted by Gasteiger charge is -2.08. The maximum absolute atomic E-state index is 12.6. The summed E-state index contributed by atoms with van der Waals surface area (Å²) in [4.78, 5) is 5.12. The number of ether oxygens (including phenoxy) is 1. The van der Waals surface area contributed by atoms with E-state index in [4.69, 9.17) is 15.3 Å². The molecular weight excluding hydrogens is 278 g/mol. The van der Waals surface area contributed by atoms with Gasteiger partial charge in [0, 0.05) is 25.8 Å². The highest BCUT2D eigenvalue weighted by atomic mass is 19.3. The third-order valence-corrected chi connectivity index (χ3v) is 2.89. The molecule has 0 spiro atoms. The van der Waals surface area contributed by atoms with Gasteiger partial charge in [-0.3, -0.25) is 0 Å². The molecule has 0 atom stereocenters. The van der Waals surface area contributed by atoms with E-state index in [0.29, 0.717) is 26.2 Å². The Morgan fingerprint density at radius 3 is 2.48 bits per heavy atom. The van der Waals surface area contributed by atoms with Gasteiger partial charge in [0.05, 0.1) is 5.71 Å². The number of hydrogen-bond donors (Lipinski definition) is 1. The lowest BCUT2D eigenvalue weighted by atomic mass is 10.0. The lowest BCUT2D eigenvalue weighted by molar-refractivity contribution is 0.151. The molecule has 0 aromatic heterocycles. The summed E-state index contributed by atoms with van der Waals surface area (Å²) in [6.07, 6.45) is 0.0216. The number of methoxy groups -OCH3 is 1. The standard InChI is InChI=1S/C15H22F2N2O2/c1-20-10-3-2-4-14(19-21-11-9-18)12-5-7-13(8-6-12)15(16)17/h5-8,15H,2-4,9-11,18H2,1H3/b19-14+. The first kappa shape index (κ1) is 17.5. The topological polar surface area (TPSA) is 56.8 Å². The minimum absolute atomic E-state index is 0.000333. The second-order valence-electron chi connectivity index (χ2n) is 4.53. The molecule has 1 aromatic rings. The molecule has 1 aromatic carbocycles. The fourth-order valence-corrected chi connectivity index (χ4v) is 1.78. The van der Waals surface area contributed by atoms with Gasteiger partial charge >= 0.3 is 0 Å². The molecule has 0 unspecified atom stereocenters. The Morgan fingerprint density at radius 2 is 1.90 bits per heavy atom. The Kier molecular flexibility index (Phi) is 8.54. The molecule has 1 rings (SSSR count). The van der Waals surface area contributed by atoms with E-state index in [1.807, 2.05) is 0 Å². The second-order valence-corrected chi connectivity index (χ2v) is 4.53. The van der Waals surface area contributed by atoms with Crippen molar-refractivity contribution < 1.29 is 18.4 Å². The zero-order valence-corrected chi connectivity index (χ0v) is 12.2. The minimum Gasteiger partial charge on any atom is -0.394 e. The van der Waals surface area contributed by atoms with Gasteiger partial charge in [-0.2, -0.15) is 0 Å². The van der Waals surface area contributed by atoms with Crippen LogP contribution in [0.25, 0.3) is 0 Å². The van der Waals surface area contributed by atoms with Crippen molar-refractivity contribution in [2.75, 3.05) is 26.9 Å². The summed E-state index contributed by atoms with van der Waals surface area (Å²) in [5.41, 5.74) is 6.87. The van der Waals surface area contributed by atoms with Crippen molar-refractivity contribution in [3.63, 3.8) is 0 Å². The predicted octanol–water partition coefficient (Wildman–Crippen LogP) is 3.12. The van der Waals surface area contributed by atoms with E-state index in [1.54, 1.807) is 19.2 Å². The Labute approximate surface area is 123 Å². The van der Waals surface area contributed by atoms with Gasteiger partial charge in [-0.05, 0) is 24.8 Å². The largest absolute Gasteiger partial charge is 0.394 e. The quantitative estimate of drug-likeness (QED) is 0.410. The van der Waals surface area contributed by atoms with Crippen LogP contribution >= 0.6 is 0 Å². The highest BCUT2D eigenvalue weighted by molar-refractivity contribution is 6.00. The van der Waals surface area contributed by atoms with Crippen molar-refractivity contribution in [3.8, 4) is 0 Å². The van der Waals surface area contributed by atoms with E-state index < -0.39 is 6.43 Å². The van der Waals surface area contributed by atoms with E-state index in [2.05, 4.69) is 5.16 Å². The van der Waals surface area contributed by atoms with Crippen LogP contribution in [0.3, 0.4) is 0 Å². The number of hydrogen-bond acceptors (Lipinski definition) is 4. The molecule has 0 aliphatic heterocycles. The second kappa shape index (κ2) is 10.2. The summed E-state index contributed by atoms with van der Waals surface area (Å²) in [6.45, 7) is 1.39. The first-order chi connectivity index (χ1) is 10.2. The fraction of sp³-hybridized carbons (Fsp3) is 0.533. The lowest BCUT2D eigenvalue weighted by Crippen LogP contribution is -2.08. The summed E-state index contributed by atoms with van der Waals surface area (Å²) >= 11 is 0. The molecular formula is C15H22F2N2O2. The number of nitrogens with two attached hydrogens (primary N) is 1. The Hall–Kier alpha value is -1.53. The molecule has 2 N–H and O–H groups in total. The highest BCUT2D eigenvalue weighted by Gasteiger charge is 2.09. The molecule has 4 nitrogen and oxygen atoms in total. The van der Waals surface area contributed by atoms with Gasteiger partial charge in [0.1, 0.15) is 6.61 Å².